The number of benzene rings is 1. The molecule has 2 aromatic rings. The molecule has 27 heavy (non-hydrogen) atoms. The first-order valence-corrected chi connectivity index (χ1v) is 9.06. The zero-order valence-electron chi connectivity index (χ0n) is 17.1. The highest BCUT2D eigenvalue weighted by Gasteiger charge is 2.14. The van der Waals surface area contributed by atoms with E-state index in [1.165, 1.54) is 5.56 Å². The van der Waals surface area contributed by atoms with Gasteiger partial charge in [-0.1, -0.05) is 31.5 Å². The van der Waals surface area contributed by atoms with E-state index in [0.717, 1.165) is 29.6 Å². The first-order valence-electron chi connectivity index (χ1n) is 9.06. The average molecular weight is 485 g/mol. The Kier molecular flexibility index (Phi) is 9.62. The molecular formula is C20H32IN5O. The zero-order valence-corrected chi connectivity index (χ0v) is 19.4. The average Bonchev–Trinajstić information content (AvgIpc) is 3.04. The van der Waals surface area contributed by atoms with Gasteiger partial charge in [0.2, 0.25) is 0 Å². The van der Waals surface area contributed by atoms with E-state index in [0.29, 0.717) is 12.5 Å². The van der Waals surface area contributed by atoms with Gasteiger partial charge in [0.05, 0.1) is 19.7 Å². The lowest BCUT2D eigenvalue weighted by Gasteiger charge is -2.21. The number of guanidine groups is 1. The van der Waals surface area contributed by atoms with Gasteiger partial charge >= 0.3 is 0 Å². The maximum absolute atomic E-state index is 5.49. The van der Waals surface area contributed by atoms with Crippen molar-refractivity contribution in [2.75, 3.05) is 14.2 Å². The smallest absolute Gasteiger partial charge is 0.191 e. The molecule has 1 atom stereocenters. The quantitative estimate of drug-likeness (QED) is 0.355. The van der Waals surface area contributed by atoms with Crippen molar-refractivity contribution in [2.45, 2.75) is 46.8 Å². The Labute approximate surface area is 179 Å². The summed E-state index contributed by atoms with van der Waals surface area (Å²) in [6.45, 7) is 10.2. The highest BCUT2D eigenvalue weighted by Crippen LogP contribution is 2.25. The van der Waals surface area contributed by atoms with E-state index in [2.05, 4.69) is 65.0 Å². The summed E-state index contributed by atoms with van der Waals surface area (Å²) in [5, 5.41) is 6.78. The van der Waals surface area contributed by atoms with Gasteiger partial charge in [-0.2, -0.15) is 0 Å². The van der Waals surface area contributed by atoms with Crippen molar-refractivity contribution in [3.8, 4) is 5.75 Å². The van der Waals surface area contributed by atoms with Crippen LogP contribution in [0.2, 0.25) is 0 Å². The summed E-state index contributed by atoms with van der Waals surface area (Å²) in [4.78, 5) is 8.79. The minimum absolute atomic E-state index is 0. The highest BCUT2D eigenvalue weighted by molar-refractivity contribution is 14.0. The first-order chi connectivity index (χ1) is 12.4. The topological polar surface area (TPSA) is 63.5 Å². The predicted molar refractivity (Wildman–Crippen MR) is 122 cm³/mol. The molecule has 0 aliphatic carbocycles. The second kappa shape index (κ2) is 11.2. The van der Waals surface area contributed by atoms with E-state index >= 15 is 0 Å². The largest absolute Gasteiger partial charge is 0.496 e. The van der Waals surface area contributed by atoms with Crippen molar-refractivity contribution in [2.24, 2.45) is 10.9 Å². The number of halogens is 1. The second-order valence-corrected chi connectivity index (χ2v) is 6.93. The minimum Gasteiger partial charge on any atom is -0.496 e. The maximum Gasteiger partial charge on any atom is 0.191 e. The molecule has 0 bridgehead atoms. The second-order valence-electron chi connectivity index (χ2n) is 6.93. The summed E-state index contributed by atoms with van der Waals surface area (Å²) in [6, 6.07) is 6.25. The Bertz CT molecular complexity index is 742. The number of nitrogens with one attached hydrogen (secondary N) is 2. The van der Waals surface area contributed by atoms with Crippen LogP contribution in [-0.4, -0.2) is 29.7 Å². The molecule has 0 saturated carbocycles. The zero-order chi connectivity index (χ0) is 19.1. The Morgan fingerprint density at radius 3 is 2.67 bits per heavy atom. The molecule has 1 aromatic carbocycles. The summed E-state index contributed by atoms with van der Waals surface area (Å²) >= 11 is 0. The molecule has 150 valence electrons. The number of ether oxygens (including phenoxy) is 1. The summed E-state index contributed by atoms with van der Waals surface area (Å²) in [5.74, 6) is 3.19. The van der Waals surface area contributed by atoms with E-state index in [1.54, 1.807) is 14.2 Å². The lowest BCUT2D eigenvalue weighted by atomic mass is 10.0. The fourth-order valence-corrected chi connectivity index (χ4v) is 2.90. The number of methoxy groups -OCH3 is 1. The number of hydrogen-bond acceptors (Lipinski definition) is 3. The fourth-order valence-electron chi connectivity index (χ4n) is 2.90. The monoisotopic (exact) mass is 485 g/mol. The normalized spacial score (nSPS) is 12.5. The molecule has 0 amide bonds. The van der Waals surface area contributed by atoms with Gasteiger partial charge in [-0.25, -0.2) is 4.98 Å². The van der Waals surface area contributed by atoms with E-state index < -0.39 is 0 Å². The number of nitrogens with zero attached hydrogens (tertiary/aromatic N) is 3. The van der Waals surface area contributed by atoms with E-state index in [-0.39, 0.29) is 30.0 Å². The Hall–Kier alpha value is -1.77. The van der Waals surface area contributed by atoms with Crippen LogP contribution in [-0.2, 0) is 13.1 Å². The van der Waals surface area contributed by atoms with Gasteiger partial charge in [0, 0.05) is 31.5 Å². The van der Waals surface area contributed by atoms with Crippen LogP contribution in [0.3, 0.4) is 0 Å². The Morgan fingerprint density at radius 2 is 2.04 bits per heavy atom. The molecule has 0 fully saturated rings. The van der Waals surface area contributed by atoms with Gasteiger partial charge in [-0.3, -0.25) is 4.99 Å². The van der Waals surface area contributed by atoms with Gasteiger partial charge in [0.15, 0.2) is 5.96 Å². The maximum atomic E-state index is 5.49. The number of hydrogen-bond donors (Lipinski definition) is 2. The van der Waals surface area contributed by atoms with Crippen LogP contribution >= 0.6 is 24.0 Å². The van der Waals surface area contributed by atoms with E-state index in [1.807, 2.05) is 18.5 Å². The molecule has 6 nitrogen and oxygen atoms in total. The number of imidazole rings is 1. The molecule has 0 saturated heterocycles. The van der Waals surface area contributed by atoms with Crippen molar-refractivity contribution >= 4 is 29.9 Å². The number of rotatable bonds is 7. The predicted octanol–water partition coefficient (Wildman–Crippen LogP) is 3.90. The van der Waals surface area contributed by atoms with Crippen molar-refractivity contribution in [1.82, 2.24) is 20.2 Å². The van der Waals surface area contributed by atoms with E-state index in [9.17, 15) is 0 Å². The molecular weight excluding hydrogens is 453 g/mol. The lowest BCUT2D eigenvalue weighted by Crippen LogP contribution is -2.39. The summed E-state index contributed by atoms with van der Waals surface area (Å²) < 4.78 is 7.67. The molecule has 0 aliphatic rings. The molecule has 0 aliphatic heterocycles. The van der Waals surface area contributed by atoms with Gasteiger partial charge in [0.1, 0.15) is 11.6 Å². The standard InChI is InChI=1S/C20H31N5O.HI/c1-14(2)13-25-10-9-22-19(25)12-23-20(21-5)24-16(4)17-11-15(3)7-8-18(17)26-6;/h7-11,14,16H,12-13H2,1-6H3,(H2,21,23,24);1H. The van der Waals surface area contributed by atoms with Crippen LogP contribution < -0.4 is 15.4 Å². The molecule has 7 heteroatoms. The van der Waals surface area contributed by atoms with Gasteiger partial charge < -0.3 is 19.9 Å². The highest BCUT2D eigenvalue weighted by atomic mass is 127. The SMILES string of the molecule is CN=C(NCc1nccn1CC(C)C)NC(C)c1cc(C)ccc1OC.I. The molecule has 1 aromatic heterocycles. The van der Waals surface area contributed by atoms with Crippen LogP contribution in [0, 0.1) is 12.8 Å². The third kappa shape index (κ3) is 6.71. The van der Waals surface area contributed by atoms with Crippen molar-refractivity contribution in [3.05, 3.63) is 47.5 Å². The summed E-state index contributed by atoms with van der Waals surface area (Å²) in [7, 11) is 3.47. The van der Waals surface area contributed by atoms with Crippen LogP contribution in [0.4, 0.5) is 0 Å². The third-order valence-corrected chi connectivity index (χ3v) is 4.21. The van der Waals surface area contributed by atoms with Crippen molar-refractivity contribution < 1.29 is 4.74 Å². The Morgan fingerprint density at radius 1 is 1.30 bits per heavy atom. The first kappa shape index (κ1) is 23.3. The molecule has 2 N–H and O–H groups in total. The Balaban J connectivity index is 0.00000364. The van der Waals surface area contributed by atoms with E-state index in [4.69, 9.17) is 4.74 Å². The summed E-state index contributed by atoms with van der Waals surface area (Å²) in [6.07, 6.45) is 3.86. The third-order valence-electron chi connectivity index (χ3n) is 4.21. The lowest BCUT2D eigenvalue weighted by molar-refractivity contribution is 0.405. The molecule has 1 heterocycles. The molecule has 2 rings (SSSR count). The van der Waals surface area contributed by atoms with Crippen molar-refractivity contribution in [1.29, 1.82) is 0 Å². The van der Waals surface area contributed by atoms with Crippen LogP contribution in [0.25, 0.3) is 0 Å². The van der Waals surface area contributed by atoms with Crippen LogP contribution in [0.15, 0.2) is 35.6 Å². The fraction of sp³-hybridized carbons (Fsp3) is 0.500. The van der Waals surface area contributed by atoms with Gasteiger partial charge in [-0.15, -0.1) is 24.0 Å². The van der Waals surface area contributed by atoms with Gasteiger partial charge in [0.25, 0.3) is 0 Å². The number of aromatic nitrogens is 2. The number of aliphatic imine (C=N–C) groups is 1. The molecule has 0 spiro atoms. The summed E-state index contributed by atoms with van der Waals surface area (Å²) in [5.41, 5.74) is 2.31. The van der Waals surface area contributed by atoms with Gasteiger partial charge in [-0.05, 0) is 25.8 Å². The molecule has 1 unspecified atom stereocenters. The molecule has 0 radical (unpaired) electrons. The minimum atomic E-state index is 0. The number of aryl methyl sites for hydroxylation is 1. The van der Waals surface area contributed by atoms with Crippen molar-refractivity contribution in [3.63, 3.8) is 0 Å². The van der Waals surface area contributed by atoms with Crippen LogP contribution in [0.5, 0.6) is 5.75 Å². The van der Waals surface area contributed by atoms with Crippen LogP contribution in [0.1, 0.15) is 43.8 Å².